The molecular weight excluding hydrogens is 300 g/mol. The lowest BCUT2D eigenvalue weighted by Gasteiger charge is -2.20. The number of amides is 1. The first kappa shape index (κ1) is 14.4. The molecule has 1 aromatic heterocycles. The third-order valence-electron chi connectivity index (χ3n) is 2.27. The van der Waals surface area contributed by atoms with Crippen LogP contribution >= 0.6 is 27.3 Å². The summed E-state index contributed by atoms with van der Waals surface area (Å²) in [6, 6.07) is 4.05. The van der Waals surface area contributed by atoms with Crippen LogP contribution in [0.15, 0.2) is 28.6 Å². The molecule has 0 saturated heterocycles. The van der Waals surface area contributed by atoms with Gasteiger partial charge in [0, 0.05) is 18.0 Å². The summed E-state index contributed by atoms with van der Waals surface area (Å²) in [6.45, 7) is 8.03. The molecule has 0 aliphatic rings. The zero-order chi connectivity index (χ0) is 12.7. The Labute approximate surface area is 115 Å². The molecule has 17 heavy (non-hydrogen) atoms. The van der Waals surface area contributed by atoms with Gasteiger partial charge in [-0.25, -0.2) is 0 Å². The van der Waals surface area contributed by atoms with Gasteiger partial charge in [0.25, 0.3) is 0 Å². The molecule has 3 nitrogen and oxygen atoms in total. The summed E-state index contributed by atoms with van der Waals surface area (Å²) in [5, 5.41) is 3.03. The van der Waals surface area contributed by atoms with Crippen LogP contribution in [0.2, 0.25) is 0 Å². The fraction of sp³-hybridized carbons (Fsp3) is 0.417. The number of thiophene rings is 1. The van der Waals surface area contributed by atoms with Gasteiger partial charge in [0.15, 0.2) is 0 Å². The normalized spacial score (nSPS) is 10.2. The largest absolute Gasteiger partial charge is 0.337 e. The van der Waals surface area contributed by atoms with Crippen molar-refractivity contribution in [2.75, 3.05) is 19.6 Å². The van der Waals surface area contributed by atoms with E-state index < -0.39 is 0 Å². The van der Waals surface area contributed by atoms with E-state index in [4.69, 9.17) is 0 Å². The molecule has 1 amide bonds. The molecule has 0 spiro atoms. The topological polar surface area (TPSA) is 32.3 Å². The van der Waals surface area contributed by atoms with Gasteiger partial charge >= 0.3 is 0 Å². The van der Waals surface area contributed by atoms with Crippen LogP contribution in [0.5, 0.6) is 0 Å². The molecule has 0 unspecified atom stereocenters. The van der Waals surface area contributed by atoms with Crippen molar-refractivity contribution < 1.29 is 4.79 Å². The van der Waals surface area contributed by atoms with E-state index in [0.717, 1.165) is 10.3 Å². The smallest absolute Gasteiger partial charge is 0.236 e. The van der Waals surface area contributed by atoms with Crippen molar-refractivity contribution >= 4 is 33.2 Å². The Morgan fingerprint density at radius 2 is 2.41 bits per heavy atom. The second kappa shape index (κ2) is 7.63. The average molecular weight is 317 g/mol. The molecule has 0 atom stereocenters. The van der Waals surface area contributed by atoms with Crippen molar-refractivity contribution in [2.45, 2.75) is 13.5 Å². The van der Waals surface area contributed by atoms with Gasteiger partial charge in [0.05, 0.1) is 16.9 Å². The Kier molecular flexibility index (Phi) is 6.47. The average Bonchev–Trinajstić information content (AvgIpc) is 2.72. The Morgan fingerprint density at radius 3 is 2.94 bits per heavy atom. The Bertz CT molecular complexity index is 378. The van der Waals surface area contributed by atoms with Crippen LogP contribution in [-0.4, -0.2) is 30.4 Å². The third-order valence-corrected chi connectivity index (χ3v) is 3.88. The van der Waals surface area contributed by atoms with Crippen molar-refractivity contribution in [3.63, 3.8) is 0 Å². The van der Waals surface area contributed by atoms with Gasteiger partial charge in [0.2, 0.25) is 5.91 Å². The van der Waals surface area contributed by atoms with E-state index in [1.54, 1.807) is 17.4 Å². The summed E-state index contributed by atoms with van der Waals surface area (Å²) < 4.78 is 1.10. The number of hydrogen-bond acceptors (Lipinski definition) is 3. The molecule has 1 N–H and O–H groups in total. The lowest BCUT2D eigenvalue weighted by atomic mass is 10.4. The number of nitrogens with one attached hydrogen (secondary N) is 1. The minimum atomic E-state index is 0.124. The standard InChI is InChI=1S/C12H17BrN2OS/c1-3-7-14-8-12(16)15(4-2)9-10-5-6-11(13)17-10/h3,5-6,14H,1,4,7-9H2,2H3. The number of halogens is 1. The van der Waals surface area contributed by atoms with Crippen LogP contribution in [0.3, 0.4) is 0 Å². The highest BCUT2D eigenvalue weighted by Gasteiger charge is 2.12. The molecule has 0 aliphatic carbocycles. The third kappa shape index (κ3) is 5.02. The SMILES string of the molecule is C=CCNCC(=O)N(CC)Cc1ccc(Br)s1. The maximum absolute atomic E-state index is 11.9. The number of rotatable bonds is 7. The number of carbonyl (C=O) groups is 1. The number of hydrogen-bond donors (Lipinski definition) is 1. The van der Waals surface area contributed by atoms with Crippen molar-refractivity contribution in [1.29, 1.82) is 0 Å². The van der Waals surface area contributed by atoms with E-state index in [2.05, 4.69) is 27.8 Å². The lowest BCUT2D eigenvalue weighted by molar-refractivity contribution is -0.130. The number of nitrogens with zero attached hydrogens (tertiary/aromatic N) is 1. The highest BCUT2D eigenvalue weighted by atomic mass is 79.9. The Morgan fingerprint density at radius 1 is 1.65 bits per heavy atom. The van der Waals surface area contributed by atoms with Crippen molar-refractivity contribution in [2.24, 2.45) is 0 Å². The Balaban J connectivity index is 2.47. The highest BCUT2D eigenvalue weighted by molar-refractivity contribution is 9.11. The van der Waals surface area contributed by atoms with E-state index >= 15 is 0 Å². The minimum absolute atomic E-state index is 0.124. The number of likely N-dealkylation sites (N-methyl/N-ethyl adjacent to an activating group) is 1. The molecule has 0 aromatic carbocycles. The molecule has 0 fully saturated rings. The molecular formula is C12H17BrN2OS. The van der Waals surface area contributed by atoms with E-state index in [0.29, 0.717) is 19.6 Å². The van der Waals surface area contributed by atoms with Gasteiger partial charge < -0.3 is 10.2 Å². The van der Waals surface area contributed by atoms with Crippen LogP contribution in [-0.2, 0) is 11.3 Å². The highest BCUT2D eigenvalue weighted by Crippen LogP contribution is 2.23. The molecule has 0 aliphatic heterocycles. The van der Waals surface area contributed by atoms with E-state index in [-0.39, 0.29) is 5.91 Å². The predicted octanol–water partition coefficient (Wildman–Crippen LogP) is 2.63. The summed E-state index contributed by atoms with van der Waals surface area (Å²) in [7, 11) is 0. The predicted molar refractivity (Wildman–Crippen MR) is 76.2 cm³/mol. The molecule has 1 rings (SSSR count). The molecule has 94 valence electrons. The van der Waals surface area contributed by atoms with Crippen molar-refractivity contribution in [3.05, 3.63) is 33.5 Å². The zero-order valence-electron chi connectivity index (χ0n) is 9.91. The van der Waals surface area contributed by atoms with Gasteiger partial charge in [-0.05, 0) is 35.0 Å². The monoisotopic (exact) mass is 316 g/mol. The first-order valence-electron chi connectivity index (χ1n) is 5.51. The molecule has 0 radical (unpaired) electrons. The van der Waals surface area contributed by atoms with Gasteiger partial charge in [-0.1, -0.05) is 6.08 Å². The summed E-state index contributed by atoms with van der Waals surface area (Å²) in [4.78, 5) is 14.9. The van der Waals surface area contributed by atoms with Crippen LogP contribution in [0, 0.1) is 0 Å². The molecule has 5 heteroatoms. The van der Waals surface area contributed by atoms with Crippen LogP contribution in [0.25, 0.3) is 0 Å². The van der Waals surface area contributed by atoms with Gasteiger partial charge in [-0.15, -0.1) is 17.9 Å². The van der Waals surface area contributed by atoms with E-state index in [9.17, 15) is 4.79 Å². The van der Waals surface area contributed by atoms with Gasteiger partial charge in [-0.2, -0.15) is 0 Å². The fourth-order valence-corrected chi connectivity index (χ4v) is 2.89. The van der Waals surface area contributed by atoms with Gasteiger partial charge in [0.1, 0.15) is 0 Å². The Hall–Kier alpha value is -0.650. The fourth-order valence-electron chi connectivity index (χ4n) is 1.39. The minimum Gasteiger partial charge on any atom is -0.337 e. The second-order valence-corrected chi connectivity index (χ2v) is 6.08. The van der Waals surface area contributed by atoms with Crippen LogP contribution < -0.4 is 5.32 Å². The van der Waals surface area contributed by atoms with Crippen LogP contribution in [0.1, 0.15) is 11.8 Å². The lowest BCUT2D eigenvalue weighted by Crippen LogP contribution is -2.37. The molecule has 0 bridgehead atoms. The second-order valence-electron chi connectivity index (χ2n) is 3.53. The molecule has 1 heterocycles. The van der Waals surface area contributed by atoms with Crippen molar-refractivity contribution in [3.8, 4) is 0 Å². The molecule has 1 aromatic rings. The van der Waals surface area contributed by atoms with E-state index in [1.807, 2.05) is 24.0 Å². The summed E-state index contributed by atoms with van der Waals surface area (Å²) in [5.74, 6) is 0.124. The van der Waals surface area contributed by atoms with E-state index in [1.165, 1.54) is 4.88 Å². The summed E-state index contributed by atoms with van der Waals surface area (Å²) in [6.07, 6.45) is 1.75. The molecule has 0 saturated carbocycles. The maximum atomic E-state index is 11.9. The number of carbonyl (C=O) groups excluding carboxylic acids is 1. The summed E-state index contributed by atoms with van der Waals surface area (Å²) >= 11 is 5.09. The van der Waals surface area contributed by atoms with Gasteiger partial charge in [-0.3, -0.25) is 4.79 Å². The first-order chi connectivity index (χ1) is 8.17. The first-order valence-corrected chi connectivity index (χ1v) is 7.12. The van der Waals surface area contributed by atoms with Crippen LogP contribution in [0.4, 0.5) is 0 Å². The van der Waals surface area contributed by atoms with Crippen molar-refractivity contribution in [1.82, 2.24) is 10.2 Å². The maximum Gasteiger partial charge on any atom is 0.236 e. The summed E-state index contributed by atoms with van der Waals surface area (Å²) in [5.41, 5.74) is 0. The quantitative estimate of drug-likeness (QED) is 0.619. The zero-order valence-corrected chi connectivity index (χ0v) is 12.3.